The molecule has 0 aliphatic rings. The lowest BCUT2D eigenvalue weighted by Gasteiger charge is -2.14. The molecule has 1 N–H and O–H groups in total. The Morgan fingerprint density at radius 3 is 2.74 bits per heavy atom. The lowest BCUT2D eigenvalue weighted by Crippen LogP contribution is -2.18. The van der Waals surface area contributed by atoms with Crippen molar-refractivity contribution in [3.8, 4) is 0 Å². The number of aryl methyl sites for hydroxylation is 1. The van der Waals surface area contributed by atoms with Gasteiger partial charge in [0.15, 0.2) is 0 Å². The minimum absolute atomic E-state index is 0.142. The first-order valence-corrected chi connectivity index (χ1v) is 7.47. The Hall–Kier alpha value is -1.20. The van der Waals surface area contributed by atoms with Crippen LogP contribution in [0.3, 0.4) is 0 Å². The van der Waals surface area contributed by atoms with Gasteiger partial charge in [0.1, 0.15) is 5.01 Å². The molecule has 0 saturated heterocycles. The van der Waals surface area contributed by atoms with E-state index < -0.39 is 0 Å². The third kappa shape index (κ3) is 3.88. The van der Waals surface area contributed by atoms with Gasteiger partial charge in [-0.3, -0.25) is 4.68 Å². The Morgan fingerprint density at radius 1 is 1.37 bits per heavy atom. The molecule has 2 heterocycles. The van der Waals surface area contributed by atoms with Gasteiger partial charge in [-0.1, -0.05) is 20.8 Å². The maximum absolute atomic E-state index is 4.67. The van der Waals surface area contributed by atoms with E-state index in [1.54, 1.807) is 11.3 Å². The third-order valence-corrected chi connectivity index (χ3v) is 3.93. The summed E-state index contributed by atoms with van der Waals surface area (Å²) >= 11 is 1.74. The molecule has 0 aliphatic heterocycles. The van der Waals surface area contributed by atoms with Crippen LogP contribution >= 0.6 is 11.3 Å². The molecule has 0 spiro atoms. The van der Waals surface area contributed by atoms with Crippen LogP contribution in [0.25, 0.3) is 0 Å². The standard InChI is InChI=1S/C14H22N4S/c1-14(2,3)12-10-19-13(17-12)9-15-7-5-11-6-8-16-18(11)4/h6,8,10,15H,5,7,9H2,1-4H3. The van der Waals surface area contributed by atoms with E-state index in [2.05, 4.69) is 47.6 Å². The highest BCUT2D eigenvalue weighted by atomic mass is 32.1. The molecule has 0 fully saturated rings. The summed E-state index contributed by atoms with van der Waals surface area (Å²) in [7, 11) is 1.98. The van der Waals surface area contributed by atoms with Gasteiger partial charge >= 0.3 is 0 Å². The van der Waals surface area contributed by atoms with Crippen molar-refractivity contribution in [2.45, 2.75) is 39.2 Å². The maximum atomic E-state index is 4.67. The fraction of sp³-hybridized carbons (Fsp3) is 0.571. The smallest absolute Gasteiger partial charge is 0.107 e. The number of hydrogen-bond acceptors (Lipinski definition) is 4. The first-order chi connectivity index (χ1) is 8.97. The van der Waals surface area contributed by atoms with Crippen LogP contribution in [0.4, 0.5) is 0 Å². The van der Waals surface area contributed by atoms with Gasteiger partial charge in [0, 0.05) is 49.2 Å². The Morgan fingerprint density at radius 2 is 2.16 bits per heavy atom. The molecule has 0 amide bonds. The minimum atomic E-state index is 0.142. The second-order valence-electron chi connectivity index (χ2n) is 5.75. The van der Waals surface area contributed by atoms with Gasteiger partial charge in [-0.05, 0) is 6.07 Å². The van der Waals surface area contributed by atoms with E-state index in [9.17, 15) is 0 Å². The minimum Gasteiger partial charge on any atom is -0.310 e. The molecule has 2 aromatic heterocycles. The largest absolute Gasteiger partial charge is 0.310 e. The van der Waals surface area contributed by atoms with E-state index >= 15 is 0 Å². The molecule has 104 valence electrons. The molecule has 2 aromatic rings. The molecule has 2 rings (SSSR count). The van der Waals surface area contributed by atoms with Crippen molar-refractivity contribution >= 4 is 11.3 Å². The second kappa shape index (κ2) is 5.84. The summed E-state index contributed by atoms with van der Waals surface area (Å²) < 4.78 is 1.92. The zero-order valence-corrected chi connectivity index (χ0v) is 12.9. The monoisotopic (exact) mass is 278 g/mol. The molecule has 0 unspecified atom stereocenters. The van der Waals surface area contributed by atoms with Crippen molar-refractivity contribution in [2.75, 3.05) is 6.54 Å². The quantitative estimate of drug-likeness (QED) is 0.855. The lowest BCUT2D eigenvalue weighted by molar-refractivity contribution is 0.568. The first kappa shape index (κ1) is 14.2. The summed E-state index contributed by atoms with van der Waals surface area (Å²) in [6.45, 7) is 8.38. The average Bonchev–Trinajstić information content (AvgIpc) is 2.93. The molecule has 0 saturated carbocycles. The van der Waals surface area contributed by atoms with Gasteiger partial charge in [0.25, 0.3) is 0 Å². The summed E-state index contributed by atoms with van der Waals surface area (Å²) in [5, 5.41) is 10.9. The topological polar surface area (TPSA) is 42.7 Å². The van der Waals surface area contributed by atoms with Crippen LogP contribution in [0.1, 0.15) is 37.2 Å². The number of rotatable bonds is 5. The van der Waals surface area contributed by atoms with Crippen LogP contribution in [-0.2, 0) is 25.4 Å². The van der Waals surface area contributed by atoms with Crippen molar-refractivity contribution in [1.29, 1.82) is 0 Å². The van der Waals surface area contributed by atoms with Gasteiger partial charge in [0.05, 0.1) is 5.69 Å². The molecule has 4 nitrogen and oxygen atoms in total. The fourth-order valence-corrected chi connectivity index (χ4v) is 2.79. The molecule has 0 bridgehead atoms. The van der Waals surface area contributed by atoms with E-state index in [4.69, 9.17) is 0 Å². The van der Waals surface area contributed by atoms with E-state index in [1.165, 1.54) is 11.4 Å². The summed E-state index contributed by atoms with van der Waals surface area (Å²) in [4.78, 5) is 4.67. The predicted molar refractivity (Wildman–Crippen MR) is 79.4 cm³/mol. The highest BCUT2D eigenvalue weighted by molar-refractivity contribution is 7.09. The lowest BCUT2D eigenvalue weighted by atomic mass is 9.93. The Balaban J connectivity index is 1.77. The molecule has 0 atom stereocenters. The number of hydrogen-bond donors (Lipinski definition) is 1. The molecule has 5 heteroatoms. The first-order valence-electron chi connectivity index (χ1n) is 6.59. The summed E-state index contributed by atoms with van der Waals surface area (Å²) in [5.74, 6) is 0. The van der Waals surface area contributed by atoms with Crippen molar-refractivity contribution in [2.24, 2.45) is 7.05 Å². The van der Waals surface area contributed by atoms with Crippen molar-refractivity contribution in [1.82, 2.24) is 20.1 Å². The van der Waals surface area contributed by atoms with Crippen molar-refractivity contribution < 1.29 is 0 Å². The van der Waals surface area contributed by atoms with Gasteiger partial charge in [-0.15, -0.1) is 11.3 Å². The molecule has 0 aliphatic carbocycles. The van der Waals surface area contributed by atoms with Crippen LogP contribution in [0, 0.1) is 0 Å². The zero-order valence-electron chi connectivity index (χ0n) is 12.1. The van der Waals surface area contributed by atoms with Crippen LogP contribution in [-0.4, -0.2) is 21.3 Å². The van der Waals surface area contributed by atoms with Gasteiger partial charge in [0.2, 0.25) is 0 Å². The molecule has 19 heavy (non-hydrogen) atoms. The van der Waals surface area contributed by atoms with E-state index in [0.29, 0.717) is 0 Å². The van der Waals surface area contributed by atoms with Crippen LogP contribution in [0.5, 0.6) is 0 Å². The summed E-state index contributed by atoms with van der Waals surface area (Å²) in [6, 6.07) is 2.06. The number of aromatic nitrogens is 3. The maximum Gasteiger partial charge on any atom is 0.107 e. The van der Waals surface area contributed by atoms with E-state index in [1.807, 2.05) is 17.9 Å². The van der Waals surface area contributed by atoms with Crippen LogP contribution in [0.15, 0.2) is 17.6 Å². The SMILES string of the molecule is Cn1nccc1CCNCc1nc(C(C)(C)C)cs1. The van der Waals surface area contributed by atoms with Gasteiger partial charge in [-0.25, -0.2) is 4.98 Å². The summed E-state index contributed by atoms with van der Waals surface area (Å²) in [5.41, 5.74) is 2.58. The Labute approximate surface area is 118 Å². The van der Waals surface area contributed by atoms with Crippen LogP contribution in [0.2, 0.25) is 0 Å². The van der Waals surface area contributed by atoms with E-state index in [0.717, 1.165) is 24.5 Å². The Bertz CT molecular complexity index is 522. The predicted octanol–water partition coefficient (Wildman–Crippen LogP) is 2.51. The third-order valence-electron chi connectivity index (χ3n) is 3.08. The zero-order chi connectivity index (χ0) is 13.9. The van der Waals surface area contributed by atoms with Crippen molar-refractivity contribution in [3.63, 3.8) is 0 Å². The highest BCUT2D eigenvalue weighted by Gasteiger charge is 2.17. The normalized spacial score (nSPS) is 12.0. The number of thiazole rings is 1. The number of nitrogens with zero attached hydrogens (tertiary/aromatic N) is 3. The second-order valence-corrected chi connectivity index (χ2v) is 6.69. The average molecular weight is 278 g/mol. The fourth-order valence-electron chi connectivity index (χ4n) is 1.79. The molecule has 0 radical (unpaired) electrons. The van der Waals surface area contributed by atoms with Gasteiger partial charge < -0.3 is 5.32 Å². The molecular weight excluding hydrogens is 256 g/mol. The van der Waals surface area contributed by atoms with Gasteiger partial charge in [-0.2, -0.15) is 5.10 Å². The highest BCUT2D eigenvalue weighted by Crippen LogP contribution is 2.23. The molecular formula is C14H22N4S. The van der Waals surface area contributed by atoms with E-state index in [-0.39, 0.29) is 5.41 Å². The Kier molecular flexibility index (Phi) is 4.37. The van der Waals surface area contributed by atoms with Crippen LogP contribution < -0.4 is 5.32 Å². The van der Waals surface area contributed by atoms with Crippen molar-refractivity contribution in [3.05, 3.63) is 34.0 Å². The molecule has 0 aromatic carbocycles. The number of nitrogens with one attached hydrogen (secondary N) is 1. The summed E-state index contributed by atoms with van der Waals surface area (Å²) in [6.07, 6.45) is 2.83.